The molecule has 1 saturated heterocycles. The summed E-state index contributed by atoms with van der Waals surface area (Å²) < 4.78 is 1.04. The van der Waals surface area contributed by atoms with Crippen LogP contribution in [0.15, 0.2) is 53.0 Å². The first-order chi connectivity index (χ1) is 9.74. The van der Waals surface area contributed by atoms with Gasteiger partial charge in [-0.25, -0.2) is 0 Å². The molecule has 2 N–H and O–H groups in total. The molecular weight excluding hydrogens is 312 g/mol. The summed E-state index contributed by atoms with van der Waals surface area (Å²) in [7, 11) is 0. The van der Waals surface area contributed by atoms with E-state index in [0.29, 0.717) is 6.04 Å². The van der Waals surface area contributed by atoms with Gasteiger partial charge in [-0.15, -0.1) is 0 Å². The van der Waals surface area contributed by atoms with Crippen molar-refractivity contribution in [3.63, 3.8) is 0 Å². The van der Waals surface area contributed by atoms with E-state index in [1.54, 1.807) is 0 Å². The molecule has 1 atom stereocenters. The van der Waals surface area contributed by atoms with Crippen molar-refractivity contribution in [2.24, 2.45) is 0 Å². The molecular formula is C17H19BrN2. The maximum absolute atomic E-state index is 6.13. The Morgan fingerprint density at radius 2 is 1.95 bits per heavy atom. The van der Waals surface area contributed by atoms with Crippen LogP contribution in [0.1, 0.15) is 30.0 Å². The van der Waals surface area contributed by atoms with Crippen LogP contribution in [0.2, 0.25) is 0 Å². The van der Waals surface area contributed by atoms with Crippen molar-refractivity contribution in [2.75, 3.05) is 12.3 Å². The van der Waals surface area contributed by atoms with Crippen molar-refractivity contribution in [3.8, 4) is 0 Å². The van der Waals surface area contributed by atoms with Crippen LogP contribution >= 0.6 is 15.9 Å². The Bertz CT molecular complexity index is 583. The van der Waals surface area contributed by atoms with Crippen molar-refractivity contribution in [1.29, 1.82) is 0 Å². The third-order valence-electron chi connectivity index (χ3n) is 4.03. The summed E-state index contributed by atoms with van der Waals surface area (Å²) in [5.74, 6) is 0. The Morgan fingerprint density at radius 3 is 2.70 bits per heavy atom. The fourth-order valence-corrected chi connectivity index (χ4v) is 3.38. The molecule has 0 aromatic heterocycles. The van der Waals surface area contributed by atoms with E-state index in [1.165, 1.54) is 24.0 Å². The molecule has 1 unspecified atom stereocenters. The second-order valence-corrected chi connectivity index (χ2v) is 6.30. The van der Waals surface area contributed by atoms with Crippen molar-refractivity contribution in [2.45, 2.75) is 25.4 Å². The zero-order valence-corrected chi connectivity index (χ0v) is 13.0. The first-order valence-electron chi connectivity index (χ1n) is 7.07. The second-order valence-electron chi connectivity index (χ2n) is 5.38. The molecule has 1 aliphatic rings. The first-order valence-corrected chi connectivity index (χ1v) is 7.86. The molecule has 1 aliphatic heterocycles. The third-order valence-corrected chi connectivity index (χ3v) is 4.52. The topological polar surface area (TPSA) is 29.3 Å². The van der Waals surface area contributed by atoms with Crippen LogP contribution in [-0.2, 0) is 6.54 Å². The highest BCUT2D eigenvalue weighted by molar-refractivity contribution is 9.10. The Morgan fingerprint density at radius 1 is 1.15 bits per heavy atom. The van der Waals surface area contributed by atoms with Crippen LogP contribution < -0.4 is 5.73 Å². The summed E-state index contributed by atoms with van der Waals surface area (Å²) in [6.45, 7) is 2.08. The highest BCUT2D eigenvalue weighted by atomic mass is 79.9. The van der Waals surface area contributed by atoms with E-state index >= 15 is 0 Å². The van der Waals surface area contributed by atoms with E-state index < -0.39 is 0 Å². The number of anilines is 1. The number of nitrogens with two attached hydrogens (primary N) is 1. The molecule has 2 aromatic rings. The van der Waals surface area contributed by atoms with Crippen molar-refractivity contribution < 1.29 is 0 Å². The van der Waals surface area contributed by atoms with Gasteiger partial charge in [0.2, 0.25) is 0 Å². The standard InChI is InChI=1S/C17H19BrN2/c18-15-9-8-14(16(19)11-15)12-20-10-4-7-17(20)13-5-2-1-3-6-13/h1-3,5-6,8-9,11,17H,4,7,10,12,19H2. The molecule has 3 heteroatoms. The third kappa shape index (κ3) is 2.89. The number of nitrogen functional groups attached to an aromatic ring is 1. The number of rotatable bonds is 3. The molecule has 3 rings (SSSR count). The molecule has 0 spiro atoms. The predicted octanol–water partition coefficient (Wildman–Crippen LogP) is 4.37. The second kappa shape index (κ2) is 5.98. The Balaban J connectivity index is 1.79. The maximum Gasteiger partial charge on any atom is 0.0371 e. The Labute approximate surface area is 128 Å². The summed E-state index contributed by atoms with van der Waals surface area (Å²) in [6.07, 6.45) is 2.50. The van der Waals surface area contributed by atoms with Gasteiger partial charge < -0.3 is 5.73 Å². The minimum absolute atomic E-state index is 0.527. The normalized spacial score (nSPS) is 19.4. The van der Waals surface area contributed by atoms with Gasteiger partial charge in [0.05, 0.1) is 0 Å². The van der Waals surface area contributed by atoms with E-state index in [2.05, 4.69) is 63.3 Å². The van der Waals surface area contributed by atoms with E-state index in [1.807, 2.05) is 6.07 Å². The summed E-state index contributed by atoms with van der Waals surface area (Å²) in [6, 6.07) is 17.5. The lowest BCUT2D eigenvalue weighted by Crippen LogP contribution is -2.23. The van der Waals surface area contributed by atoms with Gasteiger partial charge in [0.25, 0.3) is 0 Å². The highest BCUT2D eigenvalue weighted by Crippen LogP contribution is 2.34. The molecule has 1 fully saturated rings. The van der Waals surface area contributed by atoms with E-state index in [0.717, 1.165) is 23.2 Å². The molecule has 0 saturated carbocycles. The predicted molar refractivity (Wildman–Crippen MR) is 87.4 cm³/mol. The first kappa shape index (κ1) is 13.7. The fourth-order valence-electron chi connectivity index (χ4n) is 3.00. The molecule has 2 aromatic carbocycles. The van der Waals surface area contributed by atoms with Gasteiger partial charge in [-0.1, -0.05) is 52.3 Å². The van der Waals surface area contributed by atoms with E-state index in [-0.39, 0.29) is 0 Å². The average molecular weight is 331 g/mol. The lowest BCUT2D eigenvalue weighted by Gasteiger charge is -2.25. The van der Waals surface area contributed by atoms with Gasteiger partial charge in [0.15, 0.2) is 0 Å². The maximum atomic E-state index is 6.13. The van der Waals surface area contributed by atoms with Crippen molar-refractivity contribution in [3.05, 3.63) is 64.1 Å². The minimum atomic E-state index is 0.527. The van der Waals surface area contributed by atoms with E-state index in [9.17, 15) is 0 Å². The molecule has 0 aliphatic carbocycles. The molecule has 2 nitrogen and oxygen atoms in total. The molecule has 20 heavy (non-hydrogen) atoms. The number of hydrogen-bond donors (Lipinski definition) is 1. The van der Waals surface area contributed by atoms with Crippen LogP contribution in [0, 0.1) is 0 Å². The number of benzene rings is 2. The smallest absolute Gasteiger partial charge is 0.0371 e. The average Bonchev–Trinajstić information content (AvgIpc) is 2.91. The molecule has 0 radical (unpaired) electrons. The van der Waals surface area contributed by atoms with Gasteiger partial charge in [0, 0.05) is 22.7 Å². The van der Waals surface area contributed by atoms with Gasteiger partial charge in [-0.2, -0.15) is 0 Å². The quantitative estimate of drug-likeness (QED) is 0.847. The van der Waals surface area contributed by atoms with Gasteiger partial charge in [0.1, 0.15) is 0 Å². The number of hydrogen-bond acceptors (Lipinski definition) is 2. The summed E-state index contributed by atoms with van der Waals surface area (Å²) in [4.78, 5) is 2.54. The van der Waals surface area contributed by atoms with Crippen LogP contribution in [0.4, 0.5) is 5.69 Å². The number of nitrogens with zero attached hydrogens (tertiary/aromatic N) is 1. The largest absolute Gasteiger partial charge is 0.398 e. The molecule has 104 valence electrons. The highest BCUT2D eigenvalue weighted by Gasteiger charge is 2.26. The molecule has 1 heterocycles. The van der Waals surface area contributed by atoms with Crippen molar-refractivity contribution in [1.82, 2.24) is 4.90 Å². The SMILES string of the molecule is Nc1cc(Br)ccc1CN1CCCC1c1ccccc1. The summed E-state index contributed by atoms with van der Waals surface area (Å²) in [5, 5.41) is 0. The van der Waals surface area contributed by atoms with Gasteiger partial charge >= 0.3 is 0 Å². The lowest BCUT2D eigenvalue weighted by atomic mass is 10.0. The minimum Gasteiger partial charge on any atom is -0.398 e. The van der Waals surface area contributed by atoms with E-state index in [4.69, 9.17) is 5.73 Å². The number of halogens is 1. The number of likely N-dealkylation sites (tertiary alicyclic amines) is 1. The van der Waals surface area contributed by atoms with Gasteiger partial charge in [-0.3, -0.25) is 4.90 Å². The van der Waals surface area contributed by atoms with Gasteiger partial charge in [-0.05, 0) is 42.6 Å². The Kier molecular flexibility index (Phi) is 4.08. The Hall–Kier alpha value is -1.32. The lowest BCUT2D eigenvalue weighted by molar-refractivity contribution is 0.249. The van der Waals surface area contributed by atoms with Crippen LogP contribution in [-0.4, -0.2) is 11.4 Å². The monoisotopic (exact) mass is 330 g/mol. The van der Waals surface area contributed by atoms with Crippen molar-refractivity contribution >= 4 is 21.6 Å². The summed E-state index contributed by atoms with van der Waals surface area (Å²) >= 11 is 3.46. The molecule has 0 bridgehead atoms. The molecule has 0 amide bonds. The fraction of sp³-hybridized carbons (Fsp3) is 0.294. The van der Waals surface area contributed by atoms with Crippen LogP contribution in [0.5, 0.6) is 0 Å². The van der Waals surface area contributed by atoms with Crippen LogP contribution in [0.25, 0.3) is 0 Å². The van der Waals surface area contributed by atoms with Crippen LogP contribution in [0.3, 0.4) is 0 Å². The zero-order valence-electron chi connectivity index (χ0n) is 11.4. The summed E-state index contributed by atoms with van der Waals surface area (Å²) in [5.41, 5.74) is 9.64. The zero-order chi connectivity index (χ0) is 13.9.